The molecule has 1 N–H and O–H groups in total. The first-order valence-electron chi connectivity index (χ1n) is 4.90. The highest BCUT2D eigenvalue weighted by atomic mass is 79.9. The van der Waals surface area contributed by atoms with Gasteiger partial charge in [0.15, 0.2) is 11.5 Å². The molecule has 84 valence electrons. The summed E-state index contributed by atoms with van der Waals surface area (Å²) in [5.41, 5.74) is 0.958. The van der Waals surface area contributed by atoms with Crippen LogP contribution in [-0.4, -0.2) is 18.3 Å². The molecule has 0 saturated heterocycles. The molecule has 0 fully saturated rings. The number of hydrogen-bond acceptors (Lipinski definition) is 3. The molecule has 1 aromatic carbocycles. The van der Waals surface area contributed by atoms with Crippen LogP contribution in [0.3, 0.4) is 0 Å². The Balaban J connectivity index is 3.10. The Morgan fingerprint density at radius 1 is 1.20 bits per heavy atom. The summed E-state index contributed by atoms with van der Waals surface area (Å²) >= 11 is 3.33. The molecular formula is C11H15BrO3. The van der Waals surface area contributed by atoms with Gasteiger partial charge < -0.3 is 14.6 Å². The molecule has 0 aliphatic rings. The molecule has 0 aliphatic heterocycles. The molecule has 0 unspecified atom stereocenters. The number of ether oxygens (including phenoxy) is 2. The molecule has 0 heterocycles. The molecule has 0 bridgehead atoms. The molecule has 15 heavy (non-hydrogen) atoms. The van der Waals surface area contributed by atoms with Gasteiger partial charge in [0.25, 0.3) is 0 Å². The van der Waals surface area contributed by atoms with Gasteiger partial charge in [-0.15, -0.1) is 0 Å². The summed E-state index contributed by atoms with van der Waals surface area (Å²) in [6.45, 7) is 4.81. The van der Waals surface area contributed by atoms with Crippen LogP contribution in [0.15, 0.2) is 12.1 Å². The van der Waals surface area contributed by atoms with Crippen molar-refractivity contribution < 1.29 is 14.6 Å². The Bertz CT molecular complexity index is 326. The molecule has 0 aliphatic carbocycles. The lowest BCUT2D eigenvalue weighted by Crippen LogP contribution is -1.99. The van der Waals surface area contributed by atoms with Gasteiger partial charge in [0.05, 0.1) is 13.2 Å². The summed E-state index contributed by atoms with van der Waals surface area (Å²) in [6.07, 6.45) is 0. The van der Waals surface area contributed by atoms with Crippen molar-refractivity contribution >= 4 is 15.9 Å². The maximum absolute atomic E-state index is 9.74. The minimum atomic E-state index is 0.122. The van der Waals surface area contributed by atoms with Crippen molar-refractivity contribution in [3.63, 3.8) is 0 Å². The lowest BCUT2D eigenvalue weighted by atomic mass is 10.2. The highest BCUT2D eigenvalue weighted by molar-refractivity contribution is 9.08. The number of rotatable bonds is 5. The third kappa shape index (κ3) is 3.02. The van der Waals surface area contributed by atoms with Crippen LogP contribution in [-0.2, 0) is 5.33 Å². The predicted molar refractivity (Wildman–Crippen MR) is 63.1 cm³/mol. The summed E-state index contributed by atoms with van der Waals surface area (Å²) in [6, 6.07) is 3.53. The quantitative estimate of drug-likeness (QED) is 0.839. The van der Waals surface area contributed by atoms with E-state index in [9.17, 15) is 5.11 Å². The molecule has 1 rings (SSSR count). The largest absolute Gasteiger partial charge is 0.504 e. The van der Waals surface area contributed by atoms with E-state index < -0.39 is 0 Å². The summed E-state index contributed by atoms with van der Waals surface area (Å²) in [5.74, 6) is 1.13. The van der Waals surface area contributed by atoms with Crippen LogP contribution in [0.5, 0.6) is 17.2 Å². The van der Waals surface area contributed by atoms with Gasteiger partial charge in [0.1, 0.15) is 0 Å². The van der Waals surface area contributed by atoms with Crippen LogP contribution < -0.4 is 9.47 Å². The third-order valence-corrected chi connectivity index (χ3v) is 2.49. The number of hydrogen-bond donors (Lipinski definition) is 1. The Morgan fingerprint density at radius 2 is 1.87 bits per heavy atom. The molecular weight excluding hydrogens is 260 g/mol. The van der Waals surface area contributed by atoms with Crippen molar-refractivity contribution in [2.75, 3.05) is 13.2 Å². The minimum Gasteiger partial charge on any atom is -0.504 e. The van der Waals surface area contributed by atoms with Crippen molar-refractivity contribution in [2.24, 2.45) is 0 Å². The van der Waals surface area contributed by atoms with E-state index in [1.54, 1.807) is 6.07 Å². The zero-order chi connectivity index (χ0) is 11.3. The normalized spacial score (nSPS) is 10.1. The smallest absolute Gasteiger partial charge is 0.203 e. The number of alkyl halides is 1. The summed E-state index contributed by atoms with van der Waals surface area (Å²) in [5, 5.41) is 10.4. The van der Waals surface area contributed by atoms with E-state index in [1.807, 2.05) is 19.9 Å². The average molecular weight is 275 g/mol. The minimum absolute atomic E-state index is 0.122. The highest BCUT2D eigenvalue weighted by Gasteiger charge is 2.12. The monoisotopic (exact) mass is 274 g/mol. The molecule has 1 aromatic rings. The number of aromatic hydroxyl groups is 1. The zero-order valence-electron chi connectivity index (χ0n) is 8.92. The lowest BCUT2D eigenvalue weighted by molar-refractivity contribution is 0.275. The molecule has 0 amide bonds. The second-order valence-corrected chi connectivity index (χ2v) is 3.50. The maximum atomic E-state index is 9.74. The first kappa shape index (κ1) is 12.2. The van der Waals surface area contributed by atoms with E-state index >= 15 is 0 Å². The van der Waals surface area contributed by atoms with Gasteiger partial charge in [0, 0.05) is 5.33 Å². The van der Waals surface area contributed by atoms with E-state index in [0.717, 1.165) is 5.56 Å². The fourth-order valence-corrected chi connectivity index (χ4v) is 1.60. The molecule has 4 heteroatoms. The second-order valence-electron chi connectivity index (χ2n) is 2.94. The predicted octanol–water partition coefficient (Wildman–Crippen LogP) is 3.08. The fraction of sp³-hybridized carbons (Fsp3) is 0.455. The van der Waals surface area contributed by atoms with E-state index in [4.69, 9.17) is 9.47 Å². The number of benzene rings is 1. The van der Waals surface area contributed by atoms with Crippen LogP contribution in [0.4, 0.5) is 0 Å². The van der Waals surface area contributed by atoms with Gasteiger partial charge >= 0.3 is 0 Å². The Hall–Kier alpha value is -0.900. The fourth-order valence-electron chi connectivity index (χ4n) is 1.27. The maximum Gasteiger partial charge on any atom is 0.203 e. The van der Waals surface area contributed by atoms with Crippen LogP contribution in [0.25, 0.3) is 0 Å². The van der Waals surface area contributed by atoms with Gasteiger partial charge in [-0.2, -0.15) is 0 Å². The van der Waals surface area contributed by atoms with Crippen molar-refractivity contribution in [1.82, 2.24) is 0 Å². The van der Waals surface area contributed by atoms with Crippen molar-refractivity contribution in [2.45, 2.75) is 19.2 Å². The van der Waals surface area contributed by atoms with E-state index in [1.165, 1.54) is 0 Å². The first-order chi connectivity index (χ1) is 7.22. The summed E-state index contributed by atoms with van der Waals surface area (Å²) in [7, 11) is 0. The summed E-state index contributed by atoms with van der Waals surface area (Å²) in [4.78, 5) is 0. The van der Waals surface area contributed by atoms with E-state index in [2.05, 4.69) is 15.9 Å². The lowest BCUT2D eigenvalue weighted by Gasteiger charge is -2.13. The topological polar surface area (TPSA) is 38.7 Å². The average Bonchev–Trinajstić information content (AvgIpc) is 2.23. The van der Waals surface area contributed by atoms with Crippen molar-refractivity contribution in [1.29, 1.82) is 0 Å². The van der Waals surface area contributed by atoms with Gasteiger partial charge in [-0.05, 0) is 31.5 Å². The van der Waals surface area contributed by atoms with Crippen LogP contribution in [0, 0.1) is 0 Å². The first-order valence-corrected chi connectivity index (χ1v) is 6.02. The Morgan fingerprint density at radius 3 is 2.40 bits per heavy atom. The van der Waals surface area contributed by atoms with Crippen LogP contribution in [0.2, 0.25) is 0 Å². The molecule has 0 atom stereocenters. The van der Waals surface area contributed by atoms with Gasteiger partial charge in [-0.1, -0.05) is 15.9 Å². The SMILES string of the molecule is CCOc1cc(CBr)cc(O)c1OCC. The van der Waals surface area contributed by atoms with Crippen molar-refractivity contribution in [3.8, 4) is 17.2 Å². The molecule has 3 nitrogen and oxygen atoms in total. The van der Waals surface area contributed by atoms with E-state index in [0.29, 0.717) is 30.0 Å². The van der Waals surface area contributed by atoms with Crippen LogP contribution >= 0.6 is 15.9 Å². The van der Waals surface area contributed by atoms with Gasteiger partial charge in [0.2, 0.25) is 5.75 Å². The van der Waals surface area contributed by atoms with E-state index in [-0.39, 0.29) is 5.75 Å². The zero-order valence-corrected chi connectivity index (χ0v) is 10.5. The third-order valence-electron chi connectivity index (χ3n) is 1.84. The number of phenolic OH excluding ortho intramolecular Hbond substituents is 1. The molecule has 0 saturated carbocycles. The number of phenols is 1. The van der Waals surface area contributed by atoms with Crippen molar-refractivity contribution in [3.05, 3.63) is 17.7 Å². The standard InChI is InChI=1S/C11H15BrO3/c1-3-14-10-6-8(7-12)5-9(13)11(10)15-4-2/h5-6,13H,3-4,7H2,1-2H3. The summed E-state index contributed by atoms with van der Waals surface area (Å²) < 4.78 is 10.7. The highest BCUT2D eigenvalue weighted by Crippen LogP contribution is 2.38. The van der Waals surface area contributed by atoms with Gasteiger partial charge in [-0.3, -0.25) is 0 Å². The van der Waals surface area contributed by atoms with Gasteiger partial charge in [-0.25, -0.2) is 0 Å². The Labute approximate surface area is 98.1 Å². The molecule has 0 spiro atoms. The molecule has 0 aromatic heterocycles. The molecule has 0 radical (unpaired) electrons. The number of halogens is 1. The second kappa shape index (κ2) is 5.85. The van der Waals surface area contributed by atoms with Crippen LogP contribution in [0.1, 0.15) is 19.4 Å². The Kier molecular flexibility index (Phi) is 4.75.